The van der Waals surface area contributed by atoms with E-state index in [9.17, 15) is 14.4 Å². The zero-order valence-corrected chi connectivity index (χ0v) is 17.6. The summed E-state index contributed by atoms with van der Waals surface area (Å²) < 4.78 is 4.79. The van der Waals surface area contributed by atoms with E-state index >= 15 is 0 Å². The Bertz CT molecular complexity index is 589. The number of carbonyl (C=O) groups is 3. The molecule has 0 aromatic rings. The summed E-state index contributed by atoms with van der Waals surface area (Å²) in [4.78, 5) is 38.7. The number of fused-ring (bicyclic) bond motifs is 1. The smallest absolute Gasteiger partial charge is 0.330 e. The Morgan fingerprint density at radius 3 is 2.71 bits per heavy atom. The number of nitrogens with two attached hydrogens (primary N) is 3. The van der Waals surface area contributed by atoms with Crippen molar-refractivity contribution in [2.45, 2.75) is 61.9 Å². The topological polar surface area (TPSA) is 175 Å². The number of nitrogens with zero attached hydrogens (tertiary/aromatic N) is 1. The van der Waals surface area contributed by atoms with Crippen LogP contribution in [0, 0.1) is 0 Å². The van der Waals surface area contributed by atoms with Crippen molar-refractivity contribution in [2.24, 2.45) is 22.2 Å². The quantitative estimate of drug-likeness (QED) is 0.0539. The number of urea groups is 1. The number of hydrogen-bond acceptors (Lipinski definition) is 7. The summed E-state index contributed by atoms with van der Waals surface area (Å²) in [5.41, 5.74) is 16.1. The van der Waals surface area contributed by atoms with E-state index in [2.05, 4.69) is 15.6 Å². The van der Waals surface area contributed by atoms with E-state index in [4.69, 9.17) is 21.9 Å². The van der Waals surface area contributed by atoms with Crippen LogP contribution in [-0.4, -0.2) is 59.6 Å². The summed E-state index contributed by atoms with van der Waals surface area (Å²) in [5.74, 6) is -0.392. The molecule has 12 heteroatoms. The summed E-state index contributed by atoms with van der Waals surface area (Å²) >= 11 is 1.83. The Balaban J connectivity index is 0.00000392. The first-order valence-corrected chi connectivity index (χ1v) is 10.2. The number of nitrogens with one attached hydrogen (secondary N) is 2. The molecular weight excluding hydrogens is 427 g/mol. The SMILES string of the molecule is NC(N)=NCCC[C@H](N)C(=O)OC(=O)CCCC[C@@H]1SC[C@@H]2NC(=O)N[C@@H]21.[Mn]. The molecule has 4 atom stereocenters. The van der Waals surface area contributed by atoms with Gasteiger partial charge in [-0.25, -0.2) is 9.59 Å². The van der Waals surface area contributed by atoms with Crippen molar-refractivity contribution in [3.05, 3.63) is 0 Å². The van der Waals surface area contributed by atoms with Crippen LogP contribution >= 0.6 is 11.8 Å². The van der Waals surface area contributed by atoms with Gasteiger partial charge in [0, 0.05) is 41.0 Å². The number of hydrogen-bond donors (Lipinski definition) is 5. The van der Waals surface area contributed by atoms with Gasteiger partial charge in [0.15, 0.2) is 5.96 Å². The van der Waals surface area contributed by atoms with Gasteiger partial charge >= 0.3 is 18.0 Å². The Labute approximate surface area is 179 Å². The maximum atomic E-state index is 11.8. The Kier molecular flexibility index (Phi) is 10.7. The largest absolute Gasteiger partial charge is 0.392 e. The third-order valence-corrected chi connectivity index (χ3v) is 6.05. The standard InChI is InChI=1S/C16H28N6O4S.Mn/c17-9(4-3-7-20-15(18)19)14(24)26-12(23)6-2-1-5-11-13-10(8-27-11)21-16(25)22-13;/h9-11,13H,1-8,17H2,(H4,18,19,20)(H2,21,22,25);/t9-,10-,11-,13-;/m0./s1. The Morgan fingerprint density at radius 2 is 2.00 bits per heavy atom. The van der Waals surface area contributed by atoms with Crippen LogP contribution in [0.15, 0.2) is 4.99 Å². The van der Waals surface area contributed by atoms with Crippen LogP contribution in [0.4, 0.5) is 4.79 Å². The molecule has 2 amide bonds. The molecule has 1 radical (unpaired) electrons. The summed E-state index contributed by atoms with van der Waals surface area (Å²) in [6.45, 7) is 0.369. The van der Waals surface area contributed by atoms with Crippen molar-refractivity contribution in [3.8, 4) is 0 Å². The van der Waals surface area contributed by atoms with E-state index in [1.807, 2.05) is 11.8 Å². The number of amides is 2. The second kappa shape index (κ2) is 12.2. The van der Waals surface area contributed by atoms with Gasteiger partial charge in [-0.2, -0.15) is 11.8 Å². The van der Waals surface area contributed by atoms with Gasteiger partial charge in [-0.05, 0) is 25.7 Å². The number of guanidine groups is 1. The van der Waals surface area contributed by atoms with Crippen LogP contribution in [0.1, 0.15) is 38.5 Å². The van der Waals surface area contributed by atoms with Gasteiger partial charge in [0.05, 0.1) is 12.1 Å². The minimum Gasteiger partial charge on any atom is -0.392 e. The Morgan fingerprint density at radius 1 is 1.25 bits per heavy atom. The molecule has 2 aliphatic heterocycles. The molecule has 0 spiro atoms. The molecular formula is C16H28MnN6O4S. The van der Waals surface area contributed by atoms with E-state index in [-0.39, 0.29) is 47.6 Å². The van der Waals surface area contributed by atoms with Crippen molar-refractivity contribution in [3.63, 3.8) is 0 Å². The van der Waals surface area contributed by atoms with Gasteiger partial charge in [-0.1, -0.05) is 6.42 Å². The van der Waals surface area contributed by atoms with Crippen molar-refractivity contribution in [2.75, 3.05) is 12.3 Å². The van der Waals surface area contributed by atoms with Crippen LogP contribution < -0.4 is 27.8 Å². The fraction of sp³-hybridized carbons (Fsp3) is 0.750. The van der Waals surface area contributed by atoms with Crippen molar-refractivity contribution in [1.29, 1.82) is 0 Å². The van der Waals surface area contributed by atoms with E-state index in [0.29, 0.717) is 31.1 Å². The average Bonchev–Trinajstić information content (AvgIpc) is 3.14. The molecule has 2 rings (SSSR count). The molecule has 2 aliphatic rings. The van der Waals surface area contributed by atoms with Gasteiger partial charge in [0.2, 0.25) is 0 Å². The fourth-order valence-electron chi connectivity index (χ4n) is 3.13. The summed E-state index contributed by atoms with van der Waals surface area (Å²) in [7, 11) is 0. The second-order valence-electron chi connectivity index (χ2n) is 6.72. The van der Waals surface area contributed by atoms with E-state index in [1.165, 1.54) is 0 Å². The molecule has 0 aromatic carbocycles. The predicted octanol–water partition coefficient (Wildman–Crippen LogP) is -0.840. The van der Waals surface area contributed by atoms with Crippen LogP contribution in [0.5, 0.6) is 0 Å². The predicted molar refractivity (Wildman–Crippen MR) is 103 cm³/mol. The molecule has 28 heavy (non-hydrogen) atoms. The molecule has 8 N–H and O–H groups in total. The normalized spacial score (nSPS) is 23.6. The fourth-order valence-corrected chi connectivity index (χ4v) is 4.68. The van der Waals surface area contributed by atoms with Crippen LogP contribution in [-0.2, 0) is 31.4 Å². The number of thioether (sulfide) groups is 1. The van der Waals surface area contributed by atoms with E-state index < -0.39 is 18.0 Å². The number of carbonyl (C=O) groups excluding carboxylic acids is 3. The molecule has 2 heterocycles. The monoisotopic (exact) mass is 455 g/mol. The maximum absolute atomic E-state index is 11.8. The van der Waals surface area contributed by atoms with Gasteiger partial charge in [0.25, 0.3) is 0 Å². The zero-order chi connectivity index (χ0) is 19.8. The molecule has 159 valence electrons. The first-order valence-electron chi connectivity index (χ1n) is 9.11. The molecule has 10 nitrogen and oxygen atoms in total. The number of aliphatic imine (C=N–C) groups is 1. The second-order valence-corrected chi connectivity index (χ2v) is 7.99. The van der Waals surface area contributed by atoms with Crippen molar-refractivity contribution in [1.82, 2.24) is 10.6 Å². The van der Waals surface area contributed by atoms with Gasteiger partial charge < -0.3 is 32.6 Å². The molecule has 0 aliphatic carbocycles. The van der Waals surface area contributed by atoms with Crippen LogP contribution in [0.2, 0.25) is 0 Å². The third-order valence-electron chi connectivity index (χ3n) is 4.54. The molecule has 0 unspecified atom stereocenters. The van der Waals surface area contributed by atoms with E-state index in [1.54, 1.807) is 0 Å². The molecule has 2 saturated heterocycles. The molecule has 2 fully saturated rings. The van der Waals surface area contributed by atoms with Gasteiger partial charge in [-0.3, -0.25) is 9.79 Å². The number of rotatable bonds is 10. The zero-order valence-electron chi connectivity index (χ0n) is 15.6. The van der Waals surface area contributed by atoms with Crippen LogP contribution in [0.25, 0.3) is 0 Å². The minimum atomic E-state index is -0.867. The van der Waals surface area contributed by atoms with Gasteiger partial charge in [0.1, 0.15) is 6.04 Å². The maximum Gasteiger partial charge on any atom is 0.330 e. The van der Waals surface area contributed by atoms with Crippen molar-refractivity contribution >= 4 is 35.7 Å². The first kappa shape index (κ1) is 24.5. The van der Waals surface area contributed by atoms with E-state index in [0.717, 1.165) is 18.6 Å². The molecule has 0 bridgehead atoms. The minimum absolute atomic E-state index is 0. The first-order chi connectivity index (χ1) is 12.9. The molecule has 0 aromatic heterocycles. The number of unbranched alkanes of at least 4 members (excludes halogenated alkanes) is 1. The number of ether oxygens (including phenoxy) is 1. The molecule has 0 saturated carbocycles. The summed E-state index contributed by atoms with van der Waals surface area (Å²) in [5, 5.41) is 6.19. The third kappa shape index (κ3) is 7.86. The average molecular weight is 455 g/mol. The van der Waals surface area contributed by atoms with Gasteiger partial charge in [-0.15, -0.1) is 0 Å². The summed E-state index contributed by atoms with van der Waals surface area (Å²) in [6.07, 6.45) is 3.38. The van der Waals surface area contributed by atoms with Crippen molar-refractivity contribution < 1.29 is 36.2 Å². The Hall–Kier alpha value is -1.49. The number of esters is 2. The van der Waals surface area contributed by atoms with Crippen LogP contribution in [0.3, 0.4) is 0 Å². The summed E-state index contributed by atoms with van der Waals surface area (Å²) in [6, 6.07) is -0.614.